The highest BCUT2D eigenvalue weighted by molar-refractivity contribution is 5.78. The van der Waals surface area contributed by atoms with Crippen LogP contribution in [-0.2, 0) is 20.7 Å². The van der Waals surface area contributed by atoms with Crippen LogP contribution < -0.4 is 10.5 Å². The van der Waals surface area contributed by atoms with E-state index in [1.54, 1.807) is 45.2 Å². The molecule has 1 fully saturated rings. The van der Waals surface area contributed by atoms with Crippen molar-refractivity contribution in [3.63, 3.8) is 0 Å². The second-order valence-corrected chi connectivity index (χ2v) is 11.7. The zero-order valence-electron chi connectivity index (χ0n) is 25.2. The molecule has 236 valence electrons. The van der Waals surface area contributed by atoms with E-state index in [0.717, 1.165) is 23.8 Å². The van der Waals surface area contributed by atoms with Crippen LogP contribution in [-0.4, -0.2) is 75.6 Å². The van der Waals surface area contributed by atoms with Gasteiger partial charge in [-0.25, -0.2) is 18.6 Å². The highest BCUT2D eigenvalue weighted by Crippen LogP contribution is 2.31. The molecule has 1 aliphatic heterocycles. The van der Waals surface area contributed by atoms with Gasteiger partial charge in [0.15, 0.2) is 0 Å². The Hall–Kier alpha value is -4.16. The van der Waals surface area contributed by atoms with E-state index in [4.69, 9.17) is 19.9 Å². The number of aromatic nitrogens is 2. The van der Waals surface area contributed by atoms with Crippen molar-refractivity contribution < 1.29 is 37.7 Å². The van der Waals surface area contributed by atoms with Gasteiger partial charge in [0.1, 0.15) is 17.2 Å². The van der Waals surface area contributed by atoms with Crippen molar-refractivity contribution in [1.29, 1.82) is 0 Å². The predicted molar refractivity (Wildman–Crippen MR) is 160 cm³/mol. The SMILES string of the molecule is COc1ccc2nccc(C[C@H](O)[C@@H]3CC[C@@H](N(C/C=C/c4cc(F)ccc4F)C(=O)OC(C)(C)C)[C@@H](CC(N)=O)O3)c2n1. The van der Waals surface area contributed by atoms with Gasteiger partial charge in [0.25, 0.3) is 0 Å². The number of rotatable bonds is 10. The molecule has 1 aromatic carbocycles. The van der Waals surface area contributed by atoms with E-state index in [2.05, 4.69) is 9.97 Å². The smallest absolute Gasteiger partial charge is 0.410 e. The lowest BCUT2D eigenvalue weighted by atomic mass is 9.91. The van der Waals surface area contributed by atoms with Gasteiger partial charge in [0, 0.05) is 30.8 Å². The van der Waals surface area contributed by atoms with Crippen molar-refractivity contribution in [2.75, 3.05) is 13.7 Å². The molecule has 0 unspecified atom stereocenters. The third kappa shape index (κ3) is 8.48. The standard InChI is InChI=1S/C32H38F2N4O6/c1-32(2,3)44-31(41)38(15-5-6-19-16-21(33)7-8-22(19)34)24-10-11-26(43-27(24)18-28(35)40)25(39)17-20-13-14-36-23-9-12-29(42-4)37-30(20)23/h5-9,12-14,16,24-27,39H,10-11,15,17-18H2,1-4H3,(H2,35,40)/b6-5+/t24-,25+,26+,27-/m1/s1. The van der Waals surface area contributed by atoms with Gasteiger partial charge in [0.05, 0.1) is 48.9 Å². The molecule has 2 aromatic heterocycles. The van der Waals surface area contributed by atoms with Crippen LogP contribution in [0.25, 0.3) is 17.1 Å². The van der Waals surface area contributed by atoms with Gasteiger partial charge in [0.2, 0.25) is 11.8 Å². The van der Waals surface area contributed by atoms with Gasteiger partial charge >= 0.3 is 6.09 Å². The van der Waals surface area contributed by atoms with E-state index in [9.17, 15) is 23.5 Å². The topological polar surface area (TPSA) is 137 Å². The quantitative estimate of drug-likeness (QED) is 0.340. The average molecular weight is 613 g/mol. The maximum atomic E-state index is 14.2. The first-order chi connectivity index (χ1) is 20.8. The molecular formula is C32H38F2N4O6. The Labute approximate surface area is 254 Å². The highest BCUT2D eigenvalue weighted by atomic mass is 19.1. The fourth-order valence-corrected chi connectivity index (χ4v) is 5.22. The molecular weight excluding hydrogens is 574 g/mol. The lowest BCUT2D eigenvalue weighted by Gasteiger charge is -2.43. The molecule has 4 rings (SSSR count). The van der Waals surface area contributed by atoms with Crippen LogP contribution in [0.1, 0.15) is 51.2 Å². The number of carbonyl (C=O) groups is 2. The number of ether oxygens (including phenoxy) is 3. The minimum absolute atomic E-state index is 0.0154. The summed E-state index contributed by atoms with van der Waals surface area (Å²) in [7, 11) is 1.51. The van der Waals surface area contributed by atoms with Crippen molar-refractivity contribution in [2.24, 2.45) is 5.73 Å². The Morgan fingerprint density at radius 2 is 1.98 bits per heavy atom. The molecule has 1 saturated heterocycles. The van der Waals surface area contributed by atoms with Crippen molar-refractivity contribution >= 4 is 29.1 Å². The number of halogens is 2. The number of carbonyl (C=O) groups excluding carboxylic acids is 2. The largest absolute Gasteiger partial charge is 0.481 e. The molecule has 0 bridgehead atoms. The van der Waals surface area contributed by atoms with Crippen LogP contribution in [0.15, 0.2) is 48.7 Å². The number of aliphatic hydroxyl groups excluding tert-OH is 1. The summed E-state index contributed by atoms with van der Waals surface area (Å²) in [5.74, 6) is -1.45. The molecule has 1 aliphatic rings. The number of amides is 2. The number of nitrogens with zero attached hydrogens (tertiary/aromatic N) is 3. The van der Waals surface area contributed by atoms with Crippen LogP contribution >= 0.6 is 0 Å². The molecule has 12 heteroatoms. The molecule has 0 radical (unpaired) electrons. The first kappa shape index (κ1) is 32.7. The number of pyridine rings is 2. The number of hydrogen-bond donors (Lipinski definition) is 2. The third-order valence-electron chi connectivity index (χ3n) is 7.22. The van der Waals surface area contributed by atoms with Gasteiger partial charge in [-0.1, -0.05) is 12.2 Å². The lowest BCUT2D eigenvalue weighted by Crippen LogP contribution is -2.55. The van der Waals surface area contributed by atoms with Crippen LogP contribution in [0.5, 0.6) is 5.88 Å². The van der Waals surface area contributed by atoms with E-state index in [-0.39, 0.29) is 24.9 Å². The number of fused-ring (bicyclic) bond motifs is 1. The summed E-state index contributed by atoms with van der Waals surface area (Å²) in [6.45, 7) is 5.12. The van der Waals surface area contributed by atoms with Crippen molar-refractivity contribution in [3.05, 3.63) is 71.4 Å². The number of aliphatic hydroxyl groups is 1. The predicted octanol–water partition coefficient (Wildman–Crippen LogP) is 4.56. The number of benzene rings is 1. The first-order valence-electron chi connectivity index (χ1n) is 14.4. The van der Waals surface area contributed by atoms with E-state index >= 15 is 0 Å². The van der Waals surface area contributed by atoms with Gasteiger partial charge in [-0.05, 0) is 69.5 Å². The summed E-state index contributed by atoms with van der Waals surface area (Å²) in [5.41, 5.74) is 6.73. The van der Waals surface area contributed by atoms with E-state index < -0.39 is 53.6 Å². The summed E-state index contributed by atoms with van der Waals surface area (Å²) in [4.78, 5) is 35.7. The molecule has 3 N–H and O–H groups in total. The van der Waals surface area contributed by atoms with E-state index in [0.29, 0.717) is 29.8 Å². The summed E-state index contributed by atoms with van der Waals surface area (Å²) in [6, 6.07) is 7.68. The van der Waals surface area contributed by atoms with Gasteiger partial charge < -0.3 is 25.1 Å². The maximum Gasteiger partial charge on any atom is 0.410 e. The Balaban J connectivity index is 1.56. The van der Waals surface area contributed by atoms with Gasteiger partial charge in [-0.15, -0.1) is 0 Å². The zero-order valence-corrected chi connectivity index (χ0v) is 25.2. The number of hydrogen-bond acceptors (Lipinski definition) is 8. The van der Waals surface area contributed by atoms with E-state index in [1.807, 2.05) is 0 Å². The zero-order chi connectivity index (χ0) is 32.0. The summed E-state index contributed by atoms with van der Waals surface area (Å²) in [5, 5.41) is 11.3. The fraction of sp³-hybridized carbons (Fsp3) is 0.438. The van der Waals surface area contributed by atoms with E-state index in [1.165, 1.54) is 24.2 Å². The second kappa shape index (κ2) is 14.1. The summed E-state index contributed by atoms with van der Waals surface area (Å²) >= 11 is 0. The maximum absolute atomic E-state index is 14.2. The van der Waals surface area contributed by atoms with Crippen LogP contribution in [0, 0.1) is 11.6 Å². The van der Waals surface area contributed by atoms with Gasteiger partial charge in [-0.2, -0.15) is 0 Å². The molecule has 3 heterocycles. The monoisotopic (exact) mass is 612 g/mol. The molecule has 44 heavy (non-hydrogen) atoms. The van der Waals surface area contributed by atoms with Crippen molar-refractivity contribution in [2.45, 2.75) is 76.4 Å². The number of nitrogens with two attached hydrogens (primary N) is 1. The molecule has 0 spiro atoms. The molecule has 4 atom stereocenters. The van der Waals surface area contributed by atoms with Crippen molar-refractivity contribution in [3.8, 4) is 5.88 Å². The fourth-order valence-electron chi connectivity index (χ4n) is 5.22. The van der Waals surface area contributed by atoms with Crippen LogP contribution in [0.2, 0.25) is 0 Å². The normalized spacial score (nSPS) is 19.6. The average Bonchev–Trinajstić information content (AvgIpc) is 2.96. The molecule has 3 aromatic rings. The van der Waals surface area contributed by atoms with Crippen LogP contribution in [0.4, 0.5) is 13.6 Å². The molecule has 2 amide bonds. The summed E-state index contributed by atoms with van der Waals surface area (Å²) in [6.07, 6.45) is 2.00. The Morgan fingerprint density at radius 1 is 1.20 bits per heavy atom. The van der Waals surface area contributed by atoms with Crippen molar-refractivity contribution in [1.82, 2.24) is 14.9 Å². The summed E-state index contributed by atoms with van der Waals surface area (Å²) < 4.78 is 45.0. The third-order valence-corrected chi connectivity index (χ3v) is 7.22. The number of methoxy groups -OCH3 is 1. The lowest BCUT2D eigenvalue weighted by molar-refractivity contribution is -0.146. The molecule has 10 nitrogen and oxygen atoms in total. The van der Waals surface area contributed by atoms with Gasteiger partial charge in [-0.3, -0.25) is 14.7 Å². The Morgan fingerprint density at radius 3 is 2.68 bits per heavy atom. The first-order valence-corrected chi connectivity index (χ1v) is 14.4. The Kier molecular flexibility index (Phi) is 10.5. The second-order valence-electron chi connectivity index (χ2n) is 11.7. The minimum Gasteiger partial charge on any atom is -0.481 e. The molecule has 0 saturated carbocycles. The van der Waals surface area contributed by atoms with Crippen LogP contribution in [0.3, 0.4) is 0 Å². The Bertz CT molecular complexity index is 1510. The number of primary amides is 1. The minimum atomic E-state index is -0.976. The molecule has 0 aliphatic carbocycles. The highest BCUT2D eigenvalue weighted by Gasteiger charge is 2.41.